The molecule has 1 amide bonds. The molecule has 2 rings (SSSR count). The molecule has 0 saturated carbocycles. The first-order valence-corrected chi connectivity index (χ1v) is 6.26. The molecule has 0 aliphatic carbocycles. The molecular formula is C15H17N3O2. The van der Waals surface area contributed by atoms with Gasteiger partial charge in [-0.1, -0.05) is 12.1 Å². The summed E-state index contributed by atoms with van der Waals surface area (Å²) in [4.78, 5) is 15.7. The van der Waals surface area contributed by atoms with E-state index in [9.17, 15) is 4.79 Å². The molecule has 104 valence electrons. The molecule has 1 aromatic heterocycles. The minimum Gasteiger partial charge on any atom is -0.438 e. The van der Waals surface area contributed by atoms with E-state index < -0.39 is 5.91 Å². The average Bonchev–Trinajstić information content (AvgIpc) is 2.38. The predicted octanol–water partition coefficient (Wildman–Crippen LogP) is 2.05. The lowest BCUT2D eigenvalue weighted by Crippen LogP contribution is -2.13. The highest BCUT2D eigenvalue weighted by Crippen LogP contribution is 2.28. The third-order valence-corrected chi connectivity index (χ3v) is 3.00. The lowest BCUT2D eigenvalue weighted by molar-refractivity contribution is 0.0998. The van der Waals surface area contributed by atoms with Gasteiger partial charge in [0, 0.05) is 17.8 Å². The van der Waals surface area contributed by atoms with E-state index in [1.165, 1.54) is 0 Å². The van der Waals surface area contributed by atoms with Gasteiger partial charge in [-0.05, 0) is 37.6 Å². The van der Waals surface area contributed by atoms with E-state index in [4.69, 9.17) is 16.2 Å². The Bertz CT molecular complexity index is 654. The van der Waals surface area contributed by atoms with Crippen molar-refractivity contribution in [2.75, 3.05) is 0 Å². The lowest BCUT2D eigenvalue weighted by Gasteiger charge is -2.13. The Kier molecular flexibility index (Phi) is 4.00. The Morgan fingerprint density at radius 2 is 2.00 bits per heavy atom. The van der Waals surface area contributed by atoms with Gasteiger partial charge in [-0.15, -0.1) is 0 Å². The quantitative estimate of drug-likeness (QED) is 0.890. The number of benzene rings is 1. The summed E-state index contributed by atoms with van der Waals surface area (Å²) in [7, 11) is 0. The number of hydrogen-bond acceptors (Lipinski definition) is 4. The summed E-state index contributed by atoms with van der Waals surface area (Å²) in [6.07, 6.45) is 0. The largest absolute Gasteiger partial charge is 0.438 e. The fourth-order valence-electron chi connectivity index (χ4n) is 2.03. The zero-order valence-corrected chi connectivity index (χ0v) is 11.5. The number of ether oxygens (including phenoxy) is 1. The second-order valence-corrected chi connectivity index (χ2v) is 4.53. The molecule has 0 atom stereocenters. The van der Waals surface area contributed by atoms with E-state index in [2.05, 4.69) is 4.98 Å². The summed E-state index contributed by atoms with van der Waals surface area (Å²) < 4.78 is 5.76. The van der Waals surface area contributed by atoms with Crippen LogP contribution in [-0.4, -0.2) is 10.9 Å². The fourth-order valence-corrected chi connectivity index (χ4v) is 2.03. The van der Waals surface area contributed by atoms with Crippen molar-refractivity contribution in [3.63, 3.8) is 0 Å². The summed E-state index contributed by atoms with van der Waals surface area (Å²) >= 11 is 0. The number of carbonyl (C=O) groups is 1. The second-order valence-electron chi connectivity index (χ2n) is 4.53. The first-order valence-electron chi connectivity index (χ1n) is 6.26. The normalized spacial score (nSPS) is 10.3. The molecular weight excluding hydrogens is 254 g/mol. The molecule has 0 bridgehead atoms. The van der Waals surface area contributed by atoms with E-state index in [0.717, 1.165) is 16.8 Å². The minimum absolute atomic E-state index is 0.313. The van der Waals surface area contributed by atoms with Crippen molar-refractivity contribution in [3.8, 4) is 11.6 Å². The number of rotatable bonds is 4. The van der Waals surface area contributed by atoms with Gasteiger partial charge in [0.1, 0.15) is 5.75 Å². The maximum Gasteiger partial charge on any atom is 0.252 e. The first kappa shape index (κ1) is 14.0. The number of hydrogen-bond donors (Lipinski definition) is 2. The Morgan fingerprint density at radius 3 is 2.65 bits per heavy atom. The van der Waals surface area contributed by atoms with Gasteiger partial charge in [-0.25, -0.2) is 4.98 Å². The predicted molar refractivity (Wildman–Crippen MR) is 76.6 cm³/mol. The fraction of sp³-hybridized carbons (Fsp3) is 0.200. The van der Waals surface area contributed by atoms with Crippen molar-refractivity contribution in [3.05, 3.63) is 52.7 Å². The lowest BCUT2D eigenvalue weighted by atomic mass is 10.1. The SMILES string of the molecule is Cc1cc(C)c(CN)c(Oc2ccccc2C(N)=O)n1. The Labute approximate surface area is 117 Å². The Morgan fingerprint density at radius 1 is 1.30 bits per heavy atom. The van der Waals surface area contributed by atoms with Crippen LogP contribution in [0.25, 0.3) is 0 Å². The summed E-state index contributed by atoms with van der Waals surface area (Å²) in [6, 6.07) is 8.73. The molecule has 0 aliphatic rings. The van der Waals surface area contributed by atoms with Crippen molar-refractivity contribution in [1.29, 1.82) is 0 Å². The Hall–Kier alpha value is -2.40. The van der Waals surface area contributed by atoms with Crippen LogP contribution in [-0.2, 0) is 6.54 Å². The summed E-state index contributed by atoms with van der Waals surface area (Å²) in [6.45, 7) is 4.14. The van der Waals surface area contributed by atoms with Crippen LogP contribution in [0.1, 0.15) is 27.2 Å². The van der Waals surface area contributed by atoms with Gasteiger partial charge < -0.3 is 16.2 Å². The zero-order valence-electron chi connectivity index (χ0n) is 11.5. The van der Waals surface area contributed by atoms with Crippen LogP contribution in [0.2, 0.25) is 0 Å². The van der Waals surface area contributed by atoms with Crippen LogP contribution in [0.3, 0.4) is 0 Å². The van der Waals surface area contributed by atoms with Crippen molar-refractivity contribution in [2.45, 2.75) is 20.4 Å². The molecule has 0 spiro atoms. The standard InChI is InChI=1S/C15H17N3O2/c1-9-7-10(2)18-15(12(9)8-16)20-13-6-4-3-5-11(13)14(17)19/h3-7H,8,16H2,1-2H3,(H2,17,19). The van der Waals surface area contributed by atoms with Crippen LogP contribution in [0, 0.1) is 13.8 Å². The monoisotopic (exact) mass is 271 g/mol. The van der Waals surface area contributed by atoms with Crippen LogP contribution >= 0.6 is 0 Å². The molecule has 0 aliphatic heterocycles. The van der Waals surface area contributed by atoms with Crippen LogP contribution < -0.4 is 16.2 Å². The van der Waals surface area contributed by atoms with E-state index in [-0.39, 0.29) is 0 Å². The summed E-state index contributed by atoms with van der Waals surface area (Å²) in [5, 5.41) is 0. The maximum atomic E-state index is 11.4. The molecule has 2 aromatic rings. The van der Waals surface area contributed by atoms with Crippen molar-refractivity contribution in [2.24, 2.45) is 11.5 Å². The number of primary amides is 1. The van der Waals surface area contributed by atoms with Gasteiger partial charge in [0.15, 0.2) is 0 Å². The highest BCUT2D eigenvalue weighted by molar-refractivity contribution is 5.95. The number of para-hydroxylation sites is 1. The van der Waals surface area contributed by atoms with Gasteiger partial charge in [0.05, 0.1) is 5.56 Å². The highest BCUT2D eigenvalue weighted by Gasteiger charge is 2.14. The maximum absolute atomic E-state index is 11.4. The van der Waals surface area contributed by atoms with Gasteiger partial charge in [-0.2, -0.15) is 0 Å². The van der Waals surface area contributed by atoms with Gasteiger partial charge in [-0.3, -0.25) is 4.79 Å². The van der Waals surface area contributed by atoms with E-state index in [1.54, 1.807) is 24.3 Å². The molecule has 5 nitrogen and oxygen atoms in total. The van der Waals surface area contributed by atoms with Crippen LogP contribution in [0.15, 0.2) is 30.3 Å². The number of pyridine rings is 1. The summed E-state index contributed by atoms with van der Waals surface area (Å²) in [5.74, 6) is 0.255. The number of amides is 1. The average molecular weight is 271 g/mol. The topological polar surface area (TPSA) is 91.2 Å². The van der Waals surface area contributed by atoms with Crippen LogP contribution in [0.5, 0.6) is 11.6 Å². The third kappa shape index (κ3) is 2.78. The molecule has 0 radical (unpaired) electrons. The number of nitrogens with zero attached hydrogens (tertiary/aromatic N) is 1. The number of aryl methyl sites for hydroxylation is 2. The smallest absolute Gasteiger partial charge is 0.252 e. The molecule has 20 heavy (non-hydrogen) atoms. The molecule has 1 heterocycles. The van der Waals surface area contributed by atoms with E-state index in [1.807, 2.05) is 19.9 Å². The number of carbonyl (C=O) groups excluding carboxylic acids is 1. The Balaban J connectivity index is 2.47. The molecule has 5 heteroatoms. The zero-order chi connectivity index (χ0) is 14.7. The van der Waals surface area contributed by atoms with Crippen molar-refractivity contribution >= 4 is 5.91 Å². The molecule has 0 unspecified atom stereocenters. The minimum atomic E-state index is -0.542. The first-order chi connectivity index (χ1) is 9.52. The van der Waals surface area contributed by atoms with Gasteiger partial charge in [0.2, 0.25) is 5.88 Å². The molecule has 4 N–H and O–H groups in total. The third-order valence-electron chi connectivity index (χ3n) is 3.00. The number of nitrogens with two attached hydrogens (primary N) is 2. The molecule has 1 aromatic carbocycles. The van der Waals surface area contributed by atoms with E-state index in [0.29, 0.717) is 23.7 Å². The van der Waals surface area contributed by atoms with Crippen molar-refractivity contribution in [1.82, 2.24) is 4.98 Å². The highest BCUT2D eigenvalue weighted by atomic mass is 16.5. The van der Waals surface area contributed by atoms with Crippen molar-refractivity contribution < 1.29 is 9.53 Å². The molecule has 0 saturated heterocycles. The van der Waals surface area contributed by atoms with E-state index >= 15 is 0 Å². The van der Waals surface area contributed by atoms with Gasteiger partial charge >= 0.3 is 0 Å². The van der Waals surface area contributed by atoms with Crippen LogP contribution in [0.4, 0.5) is 0 Å². The van der Waals surface area contributed by atoms with Gasteiger partial charge in [0.25, 0.3) is 5.91 Å². The number of aromatic nitrogens is 1. The second kappa shape index (κ2) is 5.71. The molecule has 0 fully saturated rings. The summed E-state index contributed by atoms with van der Waals surface area (Å²) in [5.41, 5.74) is 14.0.